The van der Waals surface area contributed by atoms with Crippen LogP contribution in [0.3, 0.4) is 0 Å². The van der Waals surface area contributed by atoms with Crippen molar-refractivity contribution in [2.24, 2.45) is 7.05 Å². The summed E-state index contributed by atoms with van der Waals surface area (Å²) >= 11 is 5.95. The number of fused-ring (bicyclic) bond motifs is 1. The van der Waals surface area contributed by atoms with Gasteiger partial charge in [-0.2, -0.15) is 0 Å². The number of benzene rings is 1. The summed E-state index contributed by atoms with van der Waals surface area (Å²) in [5, 5.41) is 4.69. The van der Waals surface area contributed by atoms with E-state index in [0.717, 1.165) is 23.0 Å². The van der Waals surface area contributed by atoms with Crippen LogP contribution >= 0.6 is 11.6 Å². The Morgan fingerprint density at radius 1 is 1.47 bits per heavy atom. The summed E-state index contributed by atoms with van der Waals surface area (Å²) in [6.45, 7) is 3.15. The van der Waals surface area contributed by atoms with Crippen LogP contribution < -0.4 is 5.32 Å². The molecule has 0 radical (unpaired) electrons. The van der Waals surface area contributed by atoms with E-state index in [4.69, 9.17) is 11.6 Å². The van der Waals surface area contributed by atoms with Gasteiger partial charge in [0.15, 0.2) is 5.78 Å². The molecular formula is C13H15ClN2O. The zero-order valence-electron chi connectivity index (χ0n) is 9.96. The van der Waals surface area contributed by atoms with Crippen molar-refractivity contribution in [2.45, 2.75) is 6.92 Å². The molecule has 0 aliphatic rings. The Morgan fingerprint density at radius 3 is 2.94 bits per heavy atom. The highest BCUT2D eigenvalue weighted by Gasteiger charge is 2.13. The standard InChI is InChI=1S/C13H15ClN2O/c1-3-15-7-13(17)11-8-16(2)12-6-9(14)4-5-10(11)12/h4-6,8,15H,3,7H2,1-2H3. The lowest BCUT2D eigenvalue weighted by Crippen LogP contribution is -2.22. The van der Waals surface area contributed by atoms with Gasteiger partial charge in [-0.05, 0) is 18.7 Å². The van der Waals surface area contributed by atoms with E-state index in [1.54, 1.807) is 0 Å². The summed E-state index contributed by atoms with van der Waals surface area (Å²) in [4.78, 5) is 12.0. The number of aryl methyl sites for hydroxylation is 1. The largest absolute Gasteiger partial charge is 0.350 e. The van der Waals surface area contributed by atoms with E-state index >= 15 is 0 Å². The van der Waals surface area contributed by atoms with Crippen molar-refractivity contribution in [3.05, 3.63) is 35.0 Å². The number of ketones is 1. The average molecular weight is 251 g/mol. The molecule has 0 saturated heterocycles. The Hall–Kier alpha value is -1.32. The van der Waals surface area contributed by atoms with E-state index in [1.165, 1.54) is 0 Å². The molecule has 1 aromatic carbocycles. The minimum atomic E-state index is 0.111. The van der Waals surface area contributed by atoms with E-state index in [1.807, 2.05) is 42.9 Å². The van der Waals surface area contributed by atoms with Crippen LogP contribution in [0, 0.1) is 0 Å². The molecule has 0 spiro atoms. The van der Waals surface area contributed by atoms with Gasteiger partial charge < -0.3 is 9.88 Å². The second kappa shape index (κ2) is 4.90. The third-order valence-corrected chi connectivity index (χ3v) is 3.02. The Labute approximate surface area is 105 Å². The van der Waals surface area contributed by atoms with Gasteiger partial charge in [-0.3, -0.25) is 4.79 Å². The zero-order valence-corrected chi connectivity index (χ0v) is 10.7. The number of nitrogens with one attached hydrogen (secondary N) is 1. The Balaban J connectivity index is 2.45. The minimum absolute atomic E-state index is 0.111. The maximum atomic E-state index is 12.0. The van der Waals surface area contributed by atoms with Crippen LogP contribution in [0.15, 0.2) is 24.4 Å². The van der Waals surface area contributed by atoms with Crippen molar-refractivity contribution in [3.8, 4) is 0 Å². The predicted molar refractivity (Wildman–Crippen MR) is 70.8 cm³/mol. The number of carbonyl (C=O) groups excluding carboxylic acids is 1. The molecule has 0 atom stereocenters. The first kappa shape index (κ1) is 12.1. The SMILES string of the molecule is CCNCC(=O)c1cn(C)c2cc(Cl)ccc12. The number of Topliss-reactive ketones (excluding diaryl/α,β-unsaturated/α-hetero) is 1. The van der Waals surface area contributed by atoms with Gasteiger partial charge in [0.05, 0.1) is 6.54 Å². The molecule has 2 rings (SSSR count). The van der Waals surface area contributed by atoms with Gasteiger partial charge in [-0.1, -0.05) is 24.6 Å². The summed E-state index contributed by atoms with van der Waals surface area (Å²) in [6, 6.07) is 5.59. The highest BCUT2D eigenvalue weighted by molar-refractivity contribution is 6.31. The van der Waals surface area contributed by atoms with Crippen molar-refractivity contribution < 1.29 is 4.79 Å². The lowest BCUT2D eigenvalue weighted by atomic mass is 10.1. The summed E-state index contributed by atoms with van der Waals surface area (Å²) in [6.07, 6.45) is 1.86. The fraction of sp³-hybridized carbons (Fsp3) is 0.308. The van der Waals surface area contributed by atoms with Gasteiger partial charge in [-0.15, -0.1) is 0 Å². The Kier molecular flexibility index (Phi) is 3.50. The Morgan fingerprint density at radius 2 is 2.24 bits per heavy atom. The predicted octanol–water partition coefficient (Wildman–Crippen LogP) is 2.62. The maximum absolute atomic E-state index is 12.0. The fourth-order valence-electron chi connectivity index (χ4n) is 1.91. The molecule has 0 aliphatic heterocycles. The van der Waals surface area contributed by atoms with Crippen LogP contribution in [0.1, 0.15) is 17.3 Å². The molecule has 4 heteroatoms. The number of aromatic nitrogens is 1. The number of carbonyl (C=O) groups is 1. The molecule has 0 amide bonds. The second-order valence-corrected chi connectivity index (χ2v) is 4.46. The number of hydrogen-bond acceptors (Lipinski definition) is 2. The molecule has 2 aromatic rings. The number of likely N-dealkylation sites (N-methyl/N-ethyl adjacent to an activating group) is 1. The van der Waals surface area contributed by atoms with Gasteiger partial charge >= 0.3 is 0 Å². The Bertz CT molecular complexity index is 560. The first-order valence-electron chi connectivity index (χ1n) is 5.62. The molecule has 0 aliphatic carbocycles. The second-order valence-electron chi connectivity index (χ2n) is 4.02. The summed E-state index contributed by atoms with van der Waals surface area (Å²) in [5.74, 6) is 0.111. The van der Waals surface area contributed by atoms with Gasteiger partial charge in [0.1, 0.15) is 0 Å². The third-order valence-electron chi connectivity index (χ3n) is 2.79. The smallest absolute Gasteiger partial charge is 0.178 e. The van der Waals surface area contributed by atoms with E-state index in [-0.39, 0.29) is 5.78 Å². The number of nitrogens with zero attached hydrogens (tertiary/aromatic N) is 1. The molecule has 1 N–H and O–H groups in total. The van der Waals surface area contributed by atoms with E-state index < -0.39 is 0 Å². The van der Waals surface area contributed by atoms with Gasteiger partial charge in [0.25, 0.3) is 0 Å². The van der Waals surface area contributed by atoms with Crippen molar-refractivity contribution in [1.29, 1.82) is 0 Å². The molecule has 1 heterocycles. The lowest BCUT2D eigenvalue weighted by Gasteiger charge is -2.00. The highest BCUT2D eigenvalue weighted by atomic mass is 35.5. The molecule has 17 heavy (non-hydrogen) atoms. The fourth-order valence-corrected chi connectivity index (χ4v) is 2.08. The van der Waals surface area contributed by atoms with E-state index in [2.05, 4.69) is 5.32 Å². The van der Waals surface area contributed by atoms with E-state index in [9.17, 15) is 4.79 Å². The van der Waals surface area contributed by atoms with E-state index in [0.29, 0.717) is 11.6 Å². The molecular weight excluding hydrogens is 236 g/mol. The third kappa shape index (κ3) is 2.35. The molecule has 1 aromatic heterocycles. The number of rotatable bonds is 4. The zero-order chi connectivity index (χ0) is 12.4. The summed E-state index contributed by atoms with van der Waals surface area (Å²) < 4.78 is 1.93. The van der Waals surface area contributed by atoms with Gasteiger partial charge in [0, 0.05) is 34.7 Å². The van der Waals surface area contributed by atoms with Crippen LogP contribution in [0.4, 0.5) is 0 Å². The normalized spacial score (nSPS) is 11.0. The quantitative estimate of drug-likeness (QED) is 0.847. The van der Waals surface area contributed by atoms with Crippen molar-refractivity contribution in [1.82, 2.24) is 9.88 Å². The van der Waals surface area contributed by atoms with Crippen molar-refractivity contribution in [3.63, 3.8) is 0 Å². The molecule has 0 unspecified atom stereocenters. The number of halogens is 1. The molecule has 3 nitrogen and oxygen atoms in total. The highest BCUT2D eigenvalue weighted by Crippen LogP contribution is 2.24. The maximum Gasteiger partial charge on any atom is 0.178 e. The molecule has 0 fully saturated rings. The summed E-state index contributed by atoms with van der Waals surface area (Å²) in [7, 11) is 1.92. The van der Waals surface area contributed by atoms with Crippen LogP contribution in [0.2, 0.25) is 5.02 Å². The topological polar surface area (TPSA) is 34.0 Å². The first-order chi connectivity index (χ1) is 8.13. The van der Waals surface area contributed by atoms with Crippen LogP contribution in [-0.2, 0) is 7.05 Å². The van der Waals surface area contributed by atoms with Gasteiger partial charge in [-0.25, -0.2) is 0 Å². The first-order valence-corrected chi connectivity index (χ1v) is 5.99. The molecule has 0 bridgehead atoms. The lowest BCUT2D eigenvalue weighted by molar-refractivity contribution is 0.0993. The van der Waals surface area contributed by atoms with Crippen LogP contribution in [-0.4, -0.2) is 23.4 Å². The monoisotopic (exact) mass is 250 g/mol. The van der Waals surface area contributed by atoms with Crippen molar-refractivity contribution >= 4 is 28.3 Å². The molecule has 0 saturated carbocycles. The molecule has 90 valence electrons. The minimum Gasteiger partial charge on any atom is -0.350 e. The number of hydrogen-bond donors (Lipinski definition) is 1. The van der Waals surface area contributed by atoms with Crippen LogP contribution in [0.5, 0.6) is 0 Å². The van der Waals surface area contributed by atoms with Crippen LogP contribution in [0.25, 0.3) is 10.9 Å². The van der Waals surface area contributed by atoms with Gasteiger partial charge in [0.2, 0.25) is 0 Å². The van der Waals surface area contributed by atoms with Crippen molar-refractivity contribution in [2.75, 3.05) is 13.1 Å². The summed E-state index contributed by atoms with van der Waals surface area (Å²) in [5.41, 5.74) is 1.73. The average Bonchev–Trinajstić information content (AvgIpc) is 2.64.